The number of amides is 2. The van der Waals surface area contributed by atoms with Gasteiger partial charge in [-0.15, -0.1) is 0 Å². The van der Waals surface area contributed by atoms with E-state index in [0.29, 0.717) is 17.2 Å². The lowest BCUT2D eigenvalue weighted by Gasteiger charge is -2.30. The molecule has 5 heteroatoms. The number of anilines is 1. The van der Waals surface area contributed by atoms with Crippen LogP contribution in [0.3, 0.4) is 0 Å². The molecular weight excluding hydrogens is 290 g/mol. The van der Waals surface area contributed by atoms with Crippen LogP contribution in [0.15, 0.2) is 24.3 Å². The van der Waals surface area contributed by atoms with Crippen LogP contribution >= 0.6 is 0 Å². The predicted molar refractivity (Wildman–Crippen MR) is 90.3 cm³/mol. The van der Waals surface area contributed by atoms with Gasteiger partial charge in [0.15, 0.2) is 0 Å². The van der Waals surface area contributed by atoms with E-state index in [-0.39, 0.29) is 23.8 Å². The lowest BCUT2D eigenvalue weighted by molar-refractivity contribution is -0.117. The molecule has 2 N–H and O–H groups in total. The van der Waals surface area contributed by atoms with Gasteiger partial charge >= 0.3 is 0 Å². The molecule has 0 aromatic heterocycles. The van der Waals surface area contributed by atoms with Crippen LogP contribution in [0.25, 0.3) is 0 Å². The van der Waals surface area contributed by atoms with E-state index in [9.17, 15) is 9.59 Å². The van der Waals surface area contributed by atoms with E-state index in [4.69, 9.17) is 0 Å². The third-order valence-electron chi connectivity index (χ3n) is 4.80. The number of rotatable bonds is 4. The number of hydrogen-bond acceptors (Lipinski definition) is 3. The fraction of sp³-hybridized carbons (Fsp3) is 0.556. The number of carbonyl (C=O) groups excluding carboxylic acids is 2. The van der Waals surface area contributed by atoms with Crippen molar-refractivity contribution < 1.29 is 9.59 Å². The summed E-state index contributed by atoms with van der Waals surface area (Å²) in [6, 6.07) is 7.39. The number of piperidine rings is 1. The molecule has 1 saturated heterocycles. The highest BCUT2D eigenvalue weighted by molar-refractivity contribution is 5.98. The summed E-state index contributed by atoms with van der Waals surface area (Å²) in [6.07, 6.45) is 3.09. The quantitative estimate of drug-likeness (QED) is 0.894. The number of nitrogens with zero attached hydrogens (tertiary/aromatic N) is 1. The monoisotopic (exact) mass is 315 g/mol. The molecule has 5 nitrogen and oxygen atoms in total. The van der Waals surface area contributed by atoms with E-state index in [1.807, 2.05) is 12.1 Å². The average molecular weight is 315 g/mol. The van der Waals surface area contributed by atoms with Gasteiger partial charge in [-0.05, 0) is 57.0 Å². The van der Waals surface area contributed by atoms with Crippen LogP contribution in [0.1, 0.15) is 36.5 Å². The predicted octanol–water partition coefficient (Wildman–Crippen LogP) is 2.11. The molecule has 1 saturated carbocycles. The van der Waals surface area contributed by atoms with Gasteiger partial charge in [0.2, 0.25) is 5.91 Å². The summed E-state index contributed by atoms with van der Waals surface area (Å²) >= 11 is 0. The Morgan fingerprint density at radius 2 is 2.09 bits per heavy atom. The average Bonchev–Trinajstić information content (AvgIpc) is 3.25. The Labute approximate surface area is 137 Å². The lowest BCUT2D eigenvalue weighted by atomic mass is 10.1. The minimum absolute atomic E-state index is 0.0592. The number of likely N-dealkylation sites (N-methyl/N-ethyl adjacent to an activating group) is 1. The van der Waals surface area contributed by atoms with E-state index in [2.05, 4.69) is 29.5 Å². The molecule has 1 aliphatic carbocycles. The van der Waals surface area contributed by atoms with Crippen molar-refractivity contribution in [2.75, 3.05) is 25.5 Å². The zero-order valence-corrected chi connectivity index (χ0v) is 13.8. The van der Waals surface area contributed by atoms with Gasteiger partial charge in [0.1, 0.15) is 0 Å². The van der Waals surface area contributed by atoms with E-state index < -0.39 is 0 Å². The van der Waals surface area contributed by atoms with Crippen molar-refractivity contribution in [1.29, 1.82) is 0 Å². The van der Waals surface area contributed by atoms with Crippen molar-refractivity contribution in [2.45, 2.75) is 32.2 Å². The largest absolute Gasteiger partial charge is 0.348 e. The molecule has 3 atom stereocenters. The molecule has 1 aliphatic heterocycles. The summed E-state index contributed by atoms with van der Waals surface area (Å²) in [7, 11) is 2.08. The summed E-state index contributed by atoms with van der Waals surface area (Å²) in [4.78, 5) is 26.7. The SMILES string of the molecule is C[C@@H]1C[C@H]1C(=O)Nc1cccc(C(=O)N[C@@H]2CCCN(C)C2)c1. The van der Waals surface area contributed by atoms with Gasteiger partial charge in [-0.3, -0.25) is 9.59 Å². The van der Waals surface area contributed by atoms with Crippen LogP contribution in [0.4, 0.5) is 5.69 Å². The van der Waals surface area contributed by atoms with E-state index >= 15 is 0 Å². The van der Waals surface area contributed by atoms with E-state index in [1.165, 1.54) is 0 Å². The van der Waals surface area contributed by atoms with Crippen molar-refractivity contribution in [3.8, 4) is 0 Å². The Morgan fingerprint density at radius 3 is 2.78 bits per heavy atom. The van der Waals surface area contributed by atoms with Crippen molar-refractivity contribution in [2.24, 2.45) is 11.8 Å². The molecule has 2 aliphatic rings. The summed E-state index contributed by atoms with van der Waals surface area (Å²) in [6.45, 7) is 4.06. The highest BCUT2D eigenvalue weighted by atomic mass is 16.2. The van der Waals surface area contributed by atoms with Gasteiger partial charge in [-0.2, -0.15) is 0 Å². The maximum atomic E-state index is 12.4. The first-order valence-corrected chi connectivity index (χ1v) is 8.43. The van der Waals surface area contributed by atoms with Gasteiger partial charge < -0.3 is 15.5 Å². The molecule has 0 bridgehead atoms. The summed E-state index contributed by atoms with van der Waals surface area (Å²) < 4.78 is 0. The number of hydrogen-bond donors (Lipinski definition) is 2. The number of carbonyl (C=O) groups is 2. The topological polar surface area (TPSA) is 61.4 Å². The molecule has 1 aromatic carbocycles. The fourth-order valence-electron chi connectivity index (χ4n) is 3.21. The highest BCUT2D eigenvalue weighted by Crippen LogP contribution is 2.38. The van der Waals surface area contributed by atoms with Gasteiger partial charge in [0.25, 0.3) is 5.91 Å². The highest BCUT2D eigenvalue weighted by Gasteiger charge is 2.39. The fourth-order valence-corrected chi connectivity index (χ4v) is 3.21. The van der Waals surface area contributed by atoms with Crippen LogP contribution in [0, 0.1) is 11.8 Å². The Bertz CT molecular complexity index is 602. The number of benzene rings is 1. The molecule has 0 radical (unpaired) electrons. The second-order valence-corrected chi connectivity index (χ2v) is 6.96. The maximum absolute atomic E-state index is 12.4. The molecule has 1 heterocycles. The Morgan fingerprint density at radius 1 is 1.30 bits per heavy atom. The Kier molecular flexibility index (Phi) is 4.66. The molecule has 2 amide bonds. The smallest absolute Gasteiger partial charge is 0.251 e. The first kappa shape index (κ1) is 16.0. The Hall–Kier alpha value is -1.88. The third-order valence-corrected chi connectivity index (χ3v) is 4.80. The van der Waals surface area contributed by atoms with Gasteiger partial charge in [-0.25, -0.2) is 0 Å². The van der Waals surface area contributed by atoms with E-state index in [0.717, 1.165) is 32.4 Å². The summed E-state index contributed by atoms with van der Waals surface area (Å²) in [5.74, 6) is 0.597. The molecule has 124 valence electrons. The van der Waals surface area contributed by atoms with Crippen LogP contribution in [0.2, 0.25) is 0 Å². The normalized spacial score (nSPS) is 27.3. The van der Waals surface area contributed by atoms with E-state index in [1.54, 1.807) is 12.1 Å². The summed E-state index contributed by atoms with van der Waals surface area (Å²) in [5, 5.41) is 6.01. The summed E-state index contributed by atoms with van der Waals surface area (Å²) in [5.41, 5.74) is 1.29. The van der Waals surface area contributed by atoms with Gasteiger partial charge in [0, 0.05) is 29.8 Å². The first-order chi connectivity index (χ1) is 11.0. The zero-order chi connectivity index (χ0) is 16.4. The third kappa shape index (κ3) is 4.10. The molecule has 2 fully saturated rings. The number of likely N-dealkylation sites (tertiary alicyclic amines) is 1. The molecular formula is C18H25N3O2. The first-order valence-electron chi connectivity index (χ1n) is 8.43. The number of nitrogens with one attached hydrogen (secondary N) is 2. The zero-order valence-electron chi connectivity index (χ0n) is 13.8. The van der Waals surface area contributed by atoms with Crippen LogP contribution in [-0.2, 0) is 4.79 Å². The second-order valence-electron chi connectivity index (χ2n) is 6.96. The maximum Gasteiger partial charge on any atom is 0.251 e. The molecule has 0 unspecified atom stereocenters. The van der Waals surface area contributed by atoms with Crippen LogP contribution < -0.4 is 10.6 Å². The molecule has 23 heavy (non-hydrogen) atoms. The van der Waals surface area contributed by atoms with Crippen LogP contribution in [-0.4, -0.2) is 42.9 Å². The standard InChI is InChI=1S/C18H25N3O2/c1-12-9-16(12)18(23)19-14-6-3-5-13(10-14)17(22)20-15-7-4-8-21(2)11-15/h3,5-6,10,12,15-16H,4,7-9,11H2,1-2H3,(H,19,23)(H,20,22)/t12-,15-,16-/m1/s1. The van der Waals surface area contributed by atoms with Crippen molar-refractivity contribution in [3.63, 3.8) is 0 Å². The Balaban J connectivity index is 1.59. The van der Waals surface area contributed by atoms with Crippen molar-refractivity contribution in [3.05, 3.63) is 29.8 Å². The van der Waals surface area contributed by atoms with Gasteiger partial charge in [0.05, 0.1) is 0 Å². The minimum atomic E-state index is -0.0683. The van der Waals surface area contributed by atoms with Crippen molar-refractivity contribution in [1.82, 2.24) is 10.2 Å². The molecule has 3 rings (SSSR count). The van der Waals surface area contributed by atoms with Crippen LogP contribution in [0.5, 0.6) is 0 Å². The second kappa shape index (κ2) is 6.71. The minimum Gasteiger partial charge on any atom is -0.348 e. The molecule has 0 spiro atoms. The van der Waals surface area contributed by atoms with Crippen molar-refractivity contribution >= 4 is 17.5 Å². The molecule has 1 aromatic rings. The lowest BCUT2D eigenvalue weighted by Crippen LogP contribution is -2.46. The van der Waals surface area contributed by atoms with Gasteiger partial charge in [-0.1, -0.05) is 13.0 Å².